The number of phenolic OH excluding ortho intramolecular Hbond substituents is 1. The first-order chi connectivity index (χ1) is 15.9. The average Bonchev–Trinajstić information content (AvgIpc) is 2.81. The minimum atomic E-state index is -0.779. The number of rotatable bonds is 5. The van der Waals surface area contributed by atoms with E-state index in [1.807, 2.05) is 0 Å². The Bertz CT molecular complexity index is 1200. The van der Waals surface area contributed by atoms with E-state index in [1.54, 1.807) is 67.6 Å². The monoisotopic (exact) mass is 462 g/mol. The molecule has 7 nitrogen and oxygen atoms in total. The van der Waals surface area contributed by atoms with E-state index < -0.39 is 17.8 Å². The van der Waals surface area contributed by atoms with E-state index in [-0.39, 0.29) is 28.7 Å². The maximum absolute atomic E-state index is 13.4. The molecule has 0 atom stereocenters. The fourth-order valence-corrected chi connectivity index (χ4v) is 3.67. The standard InChI is InChI=1S/C25H19ClN2O5/c1-2-33-21-15-16(14-20(26)22(21)29)13-19-23(30)27(17-9-5-3-6-10-17)25(32)28(24(19)31)18-11-7-4-8-12-18/h3-15,29H,2H2,1H3. The van der Waals surface area contributed by atoms with Gasteiger partial charge in [0.25, 0.3) is 11.8 Å². The topological polar surface area (TPSA) is 87.2 Å². The van der Waals surface area contributed by atoms with E-state index in [4.69, 9.17) is 16.3 Å². The van der Waals surface area contributed by atoms with Crippen molar-refractivity contribution < 1.29 is 24.2 Å². The number of halogens is 1. The van der Waals surface area contributed by atoms with Gasteiger partial charge in [-0.05, 0) is 55.0 Å². The van der Waals surface area contributed by atoms with Crippen LogP contribution in [0.1, 0.15) is 12.5 Å². The van der Waals surface area contributed by atoms with Crippen LogP contribution in [-0.4, -0.2) is 29.6 Å². The van der Waals surface area contributed by atoms with Crippen LogP contribution in [0.4, 0.5) is 16.2 Å². The number of hydrogen-bond donors (Lipinski definition) is 1. The quantitative estimate of drug-likeness (QED) is 0.424. The number of carbonyl (C=O) groups is 3. The largest absolute Gasteiger partial charge is 0.503 e. The molecule has 0 saturated carbocycles. The molecular formula is C25H19ClN2O5. The molecule has 3 aromatic rings. The predicted molar refractivity (Wildman–Crippen MR) is 126 cm³/mol. The number of hydrogen-bond acceptors (Lipinski definition) is 5. The van der Waals surface area contributed by atoms with Gasteiger partial charge >= 0.3 is 6.03 Å². The predicted octanol–water partition coefficient (Wildman–Crippen LogP) is 5.03. The highest BCUT2D eigenvalue weighted by atomic mass is 35.5. The molecule has 0 aliphatic carbocycles. The number of nitrogens with zero attached hydrogens (tertiary/aromatic N) is 2. The lowest BCUT2D eigenvalue weighted by Gasteiger charge is -2.33. The van der Waals surface area contributed by atoms with E-state index in [9.17, 15) is 19.5 Å². The minimum absolute atomic E-state index is 0.000542. The number of amides is 4. The van der Waals surface area contributed by atoms with Gasteiger partial charge in [-0.3, -0.25) is 9.59 Å². The van der Waals surface area contributed by atoms with Gasteiger partial charge in [0.05, 0.1) is 23.0 Å². The van der Waals surface area contributed by atoms with Gasteiger partial charge in [-0.2, -0.15) is 0 Å². The van der Waals surface area contributed by atoms with E-state index in [1.165, 1.54) is 18.2 Å². The summed E-state index contributed by atoms with van der Waals surface area (Å²) in [7, 11) is 0. The molecule has 0 unspecified atom stereocenters. The first-order valence-corrected chi connectivity index (χ1v) is 10.5. The van der Waals surface area contributed by atoms with Crippen molar-refractivity contribution in [3.05, 3.63) is 89.0 Å². The maximum atomic E-state index is 13.4. The van der Waals surface area contributed by atoms with Gasteiger partial charge in [0.15, 0.2) is 11.5 Å². The molecule has 1 fully saturated rings. The Morgan fingerprint density at radius 1 is 0.879 bits per heavy atom. The van der Waals surface area contributed by atoms with Crippen LogP contribution in [0.3, 0.4) is 0 Å². The number of urea groups is 1. The molecule has 1 N–H and O–H groups in total. The van der Waals surface area contributed by atoms with Gasteiger partial charge in [-0.15, -0.1) is 0 Å². The van der Waals surface area contributed by atoms with Crippen molar-refractivity contribution in [3.63, 3.8) is 0 Å². The number of para-hydroxylation sites is 2. The molecule has 4 rings (SSSR count). The molecule has 0 spiro atoms. The van der Waals surface area contributed by atoms with Crippen LogP contribution in [0.25, 0.3) is 6.08 Å². The van der Waals surface area contributed by atoms with Crippen LogP contribution in [-0.2, 0) is 9.59 Å². The van der Waals surface area contributed by atoms with Crippen LogP contribution >= 0.6 is 11.6 Å². The summed E-state index contributed by atoms with van der Waals surface area (Å²) in [6.45, 7) is 2.02. The zero-order valence-corrected chi connectivity index (χ0v) is 18.3. The molecule has 0 radical (unpaired) electrons. The van der Waals surface area contributed by atoms with Gasteiger partial charge in [-0.1, -0.05) is 48.0 Å². The highest BCUT2D eigenvalue weighted by Crippen LogP contribution is 2.37. The molecule has 1 saturated heterocycles. The third kappa shape index (κ3) is 4.18. The zero-order valence-electron chi connectivity index (χ0n) is 17.6. The van der Waals surface area contributed by atoms with E-state index in [0.717, 1.165) is 9.80 Å². The lowest BCUT2D eigenvalue weighted by atomic mass is 10.0. The number of phenols is 1. The fourth-order valence-electron chi connectivity index (χ4n) is 3.45. The summed E-state index contributed by atoms with van der Waals surface area (Å²) < 4.78 is 5.39. The van der Waals surface area contributed by atoms with Gasteiger partial charge < -0.3 is 9.84 Å². The number of anilines is 2. The highest BCUT2D eigenvalue weighted by molar-refractivity contribution is 6.46. The molecule has 0 bridgehead atoms. The lowest BCUT2D eigenvalue weighted by Crippen LogP contribution is -2.57. The van der Waals surface area contributed by atoms with Gasteiger partial charge in [0.1, 0.15) is 5.57 Å². The molecule has 166 valence electrons. The Morgan fingerprint density at radius 2 is 1.39 bits per heavy atom. The summed E-state index contributed by atoms with van der Waals surface area (Å²) in [5, 5.41) is 10.1. The van der Waals surface area contributed by atoms with Crippen molar-refractivity contribution in [1.29, 1.82) is 0 Å². The number of ether oxygens (including phenoxy) is 1. The smallest absolute Gasteiger partial charge is 0.343 e. The first-order valence-electron chi connectivity index (χ1n) is 10.1. The molecule has 33 heavy (non-hydrogen) atoms. The summed E-state index contributed by atoms with van der Waals surface area (Å²) in [5.74, 6) is -1.67. The summed E-state index contributed by atoms with van der Waals surface area (Å²) in [5.41, 5.74) is 0.760. The Kier molecular flexibility index (Phi) is 6.15. The molecule has 3 aromatic carbocycles. The second-order valence-electron chi connectivity index (χ2n) is 7.08. The highest BCUT2D eigenvalue weighted by Gasteiger charge is 2.43. The zero-order chi connectivity index (χ0) is 23.5. The Labute approximate surface area is 195 Å². The van der Waals surface area contributed by atoms with Crippen LogP contribution in [0.2, 0.25) is 5.02 Å². The molecule has 1 heterocycles. The molecule has 4 amide bonds. The lowest BCUT2D eigenvalue weighted by molar-refractivity contribution is -0.121. The summed E-state index contributed by atoms with van der Waals surface area (Å²) >= 11 is 6.11. The van der Waals surface area contributed by atoms with Crippen molar-refractivity contribution in [2.75, 3.05) is 16.4 Å². The SMILES string of the molecule is CCOc1cc(C=C2C(=O)N(c3ccccc3)C(=O)N(c3ccccc3)C2=O)cc(Cl)c1O. The van der Waals surface area contributed by atoms with Crippen molar-refractivity contribution in [2.24, 2.45) is 0 Å². The van der Waals surface area contributed by atoms with E-state index >= 15 is 0 Å². The Hall–Kier alpha value is -4.10. The second kappa shape index (κ2) is 9.18. The van der Waals surface area contributed by atoms with Crippen LogP contribution in [0.5, 0.6) is 11.5 Å². The normalized spacial score (nSPS) is 14.0. The van der Waals surface area contributed by atoms with Crippen molar-refractivity contribution in [2.45, 2.75) is 6.92 Å². The number of imide groups is 2. The Morgan fingerprint density at radius 3 is 1.88 bits per heavy atom. The Balaban J connectivity index is 1.87. The number of carbonyl (C=O) groups excluding carboxylic acids is 3. The molecule has 1 aliphatic heterocycles. The van der Waals surface area contributed by atoms with Crippen molar-refractivity contribution in [3.8, 4) is 11.5 Å². The molecule has 1 aliphatic rings. The summed E-state index contributed by atoms with van der Waals surface area (Å²) in [4.78, 5) is 41.9. The van der Waals surface area contributed by atoms with E-state index in [2.05, 4.69) is 0 Å². The third-order valence-corrected chi connectivity index (χ3v) is 5.23. The van der Waals surface area contributed by atoms with Crippen molar-refractivity contribution >= 4 is 46.9 Å². The first kappa shape index (κ1) is 22.1. The fraction of sp³-hybridized carbons (Fsp3) is 0.0800. The molecule has 0 aromatic heterocycles. The van der Waals surface area contributed by atoms with Gasteiger partial charge in [0, 0.05) is 0 Å². The maximum Gasteiger partial charge on any atom is 0.343 e. The summed E-state index contributed by atoms with van der Waals surface area (Å²) in [6.07, 6.45) is 1.33. The molecular weight excluding hydrogens is 444 g/mol. The third-order valence-electron chi connectivity index (χ3n) is 4.94. The number of barbiturate groups is 1. The summed E-state index contributed by atoms with van der Waals surface area (Å²) in [6, 6.07) is 18.8. The number of benzene rings is 3. The van der Waals surface area contributed by atoms with Crippen LogP contribution < -0.4 is 14.5 Å². The van der Waals surface area contributed by atoms with Crippen LogP contribution in [0, 0.1) is 0 Å². The minimum Gasteiger partial charge on any atom is -0.503 e. The van der Waals surface area contributed by atoms with E-state index in [0.29, 0.717) is 16.9 Å². The van der Waals surface area contributed by atoms with Crippen LogP contribution in [0.15, 0.2) is 78.4 Å². The van der Waals surface area contributed by atoms with Gasteiger partial charge in [-0.25, -0.2) is 14.6 Å². The average molecular weight is 463 g/mol. The van der Waals surface area contributed by atoms with Gasteiger partial charge in [0.2, 0.25) is 0 Å². The second-order valence-corrected chi connectivity index (χ2v) is 7.48. The van der Waals surface area contributed by atoms with Crippen molar-refractivity contribution in [1.82, 2.24) is 0 Å². The molecule has 8 heteroatoms. The number of aromatic hydroxyl groups is 1.